The quantitative estimate of drug-likeness (QED) is 0.226. The van der Waals surface area contributed by atoms with Crippen molar-refractivity contribution < 1.29 is 9.47 Å². The van der Waals surface area contributed by atoms with Crippen LogP contribution in [0, 0.1) is 6.92 Å². The fourth-order valence-corrected chi connectivity index (χ4v) is 2.34. The van der Waals surface area contributed by atoms with Gasteiger partial charge in [0.1, 0.15) is 12.4 Å². The van der Waals surface area contributed by atoms with Crippen LogP contribution in [0.5, 0.6) is 5.75 Å². The van der Waals surface area contributed by atoms with Gasteiger partial charge in [0.25, 0.3) is 0 Å². The molecule has 25 heavy (non-hydrogen) atoms. The molecule has 0 atom stereocenters. The summed E-state index contributed by atoms with van der Waals surface area (Å²) in [6.07, 6.45) is 4.98. The van der Waals surface area contributed by atoms with Gasteiger partial charge in [0.15, 0.2) is 5.96 Å². The topological polar surface area (TPSA) is 54.9 Å². The molecule has 0 aromatic heterocycles. The van der Waals surface area contributed by atoms with Crippen molar-refractivity contribution in [2.75, 3.05) is 33.9 Å². The van der Waals surface area contributed by atoms with Crippen molar-refractivity contribution in [1.29, 1.82) is 0 Å². The Morgan fingerprint density at radius 2 is 1.92 bits per heavy atom. The number of nitrogens with one attached hydrogen (secondary N) is 2. The highest BCUT2D eigenvalue weighted by molar-refractivity contribution is 14.0. The number of guanidine groups is 1. The van der Waals surface area contributed by atoms with Crippen LogP contribution in [0.3, 0.4) is 0 Å². The highest BCUT2D eigenvalue weighted by Crippen LogP contribution is 2.20. The standard InChI is InChI=1S/C19H33N3O2.HI/c1-5-6-7-8-11-21-19(20-3)22-15-17-10-9-16(2)14-18(17)24-13-12-23-4;/h9-10,14H,5-8,11-13,15H2,1-4H3,(H2,20,21,22);1H. The summed E-state index contributed by atoms with van der Waals surface area (Å²) < 4.78 is 10.9. The van der Waals surface area contributed by atoms with Crippen LogP contribution in [0.1, 0.15) is 43.7 Å². The molecule has 0 fully saturated rings. The Labute approximate surface area is 170 Å². The molecule has 0 saturated heterocycles. The van der Waals surface area contributed by atoms with Gasteiger partial charge < -0.3 is 20.1 Å². The Balaban J connectivity index is 0.00000576. The first kappa shape index (κ1) is 24.0. The van der Waals surface area contributed by atoms with Gasteiger partial charge in [-0.25, -0.2) is 0 Å². The van der Waals surface area contributed by atoms with Crippen LogP contribution >= 0.6 is 24.0 Å². The van der Waals surface area contributed by atoms with Crippen LogP contribution in [-0.4, -0.2) is 39.9 Å². The number of unbranched alkanes of at least 4 members (excludes halogenated alkanes) is 3. The summed E-state index contributed by atoms with van der Waals surface area (Å²) in [4.78, 5) is 4.28. The smallest absolute Gasteiger partial charge is 0.191 e. The van der Waals surface area contributed by atoms with E-state index >= 15 is 0 Å². The summed E-state index contributed by atoms with van der Waals surface area (Å²) in [5.74, 6) is 1.73. The largest absolute Gasteiger partial charge is 0.491 e. The first-order chi connectivity index (χ1) is 11.7. The normalized spacial score (nSPS) is 11.0. The molecule has 0 amide bonds. The van der Waals surface area contributed by atoms with E-state index in [0.717, 1.165) is 23.8 Å². The van der Waals surface area contributed by atoms with E-state index in [4.69, 9.17) is 9.47 Å². The van der Waals surface area contributed by atoms with Gasteiger partial charge in [-0.2, -0.15) is 0 Å². The Hall–Kier alpha value is -1.02. The Morgan fingerprint density at radius 1 is 1.12 bits per heavy atom. The first-order valence-electron chi connectivity index (χ1n) is 8.87. The van der Waals surface area contributed by atoms with E-state index in [-0.39, 0.29) is 24.0 Å². The lowest BCUT2D eigenvalue weighted by Crippen LogP contribution is -2.37. The Morgan fingerprint density at radius 3 is 2.60 bits per heavy atom. The van der Waals surface area contributed by atoms with Crippen LogP contribution < -0.4 is 15.4 Å². The maximum Gasteiger partial charge on any atom is 0.191 e. The average molecular weight is 463 g/mol. The van der Waals surface area contributed by atoms with Gasteiger partial charge in [0.05, 0.1) is 6.61 Å². The molecular weight excluding hydrogens is 429 g/mol. The summed E-state index contributed by atoms with van der Waals surface area (Å²) in [7, 11) is 3.48. The molecule has 0 bridgehead atoms. The van der Waals surface area contributed by atoms with E-state index in [1.54, 1.807) is 14.2 Å². The van der Waals surface area contributed by atoms with E-state index < -0.39 is 0 Å². The van der Waals surface area contributed by atoms with E-state index in [1.807, 2.05) is 0 Å². The molecule has 0 heterocycles. The maximum atomic E-state index is 5.82. The summed E-state index contributed by atoms with van der Waals surface area (Å²) in [5.41, 5.74) is 2.30. The molecule has 1 aromatic carbocycles. The van der Waals surface area contributed by atoms with Crippen LogP contribution in [0.15, 0.2) is 23.2 Å². The number of methoxy groups -OCH3 is 1. The summed E-state index contributed by atoms with van der Waals surface area (Å²) in [6, 6.07) is 6.26. The van der Waals surface area contributed by atoms with Crippen LogP contribution in [0.25, 0.3) is 0 Å². The van der Waals surface area contributed by atoms with Gasteiger partial charge in [-0.1, -0.05) is 38.3 Å². The van der Waals surface area contributed by atoms with Gasteiger partial charge in [0.2, 0.25) is 0 Å². The molecule has 0 saturated carbocycles. The van der Waals surface area contributed by atoms with E-state index in [9.17, 15) is 0 Å². The molecule has 6 heteroatoms. The fraction of sp³-hybridized carbons (Fsp3) is 0.632. The number of hydrogen-bond acceptors (Lipinski definition) is 3. The van der Waals surface area contributed by atoms with E-state index in [1.165, 1.54) is 31.2 Å². The predicted octanol–water partition coefficient (Wildman–Crippen LogP) is 3.88. The molecule has 5 nitrogen and oxygen atoms in total. The van der Waals surface area contributed by atoms with E-state index in [0.29, 0.717) is 19.8 Å². The first-order valence-corrected chi connectivity index (χ1v) is 8.87. The van der Waals surface area contributed by atoms with Gasteiger partial charge >= 0.3 is 0 Å². The molecule has 0 radical (unpaired) electrons. The molecule has 0 aliphatic rings. The maximum absolute atomic E-state index is 5.82. The summed E-state index contributed by atoms with van der Waals surface area (Å²) in [6.45, 7) is 7.06. The number of halogens is 1. The lowest BCUT2D eigenvalue weighted by atomic mass is 10.1. The highest BCUT2D eigenvalue weighted by Gasteiger charge is 2.06. The second-order valence-corrected chi connectivity index (χ2v) is 5.87. The molecule has 2 N–H and O–H groups in total. The van der Waals surface area contributed by atoms with Crippen LogP contribution in [-0.2, 0) is 11.3 Å². The van der Waals surface area contributed by atoms with Gasteiger partial charge in [0, 0.05) is 32.8 Å². The Kier molecular flexibility index (Phi) is 14.6. The third-order valence-corrected chi connectivity index (χ3v) is 3.76. The van der Waals surface area contributed by atoms with Crippen molar-refractivity contribution in [1.82, 2.24) is 10.6 Å². The van der Waals surface area contributed by atoms with Crippen molar-refractivity contribution in [3.63, 3.8) is 0 Å². The fourth-order valence-electron chi connectivity index (χ4n) is 2.34. The molecule has 0 spiro atoms. The van der Waals surface area contributed by atoms with Gasteiger partial charge in [-0.15, -0.1) is 24.0 Å². The minimum absolute atomic E-state index is 0. The van der Waals surface area contributed by atoms with Crippen molar-refractivity contribution in [3.05, 3.63) is 29.3 Å². The number of benzene rings is 1. The SMILES string of the molecule is CCCCCCNC(=NC)NCc1ccc(C)cc1OCCOC.I. The number of aryl methyl sites for hydroxylation is 1. The monoisotopic (exact) mass is 463 g/mol. The number of hydrogen-bond donors (Lipinski definition) is 2. The van der Waals surface area contributed by atoms with Crippen LogP contribution in [0.2, 0.25) is 0 Å². The molecule has 1 rings (SSSR count). The Bertz CT molecular complexity index is 496. The number of ether oxygens (including phenoxy) is 2. The molecule has 0 aliphatic heterocycles. The lowest BCUT2D eigenvalue weighted by molar-refractivity contribution is 0.145. The molecular formula is C19H34IN3O2. The minimum Gasteiger partial charge on any atom is -0.491 e. The van der Waals surface area contributed by atoms with Gasteiger partial charge in [-0.05, 0) is 25.0 Å². The highest BCUT2D eigenvalue weighted by atomic mass is 127. The molecule has 1 aromatic rings. The van der Waals surface area contributed by atoms with Crippen LogP contribution in [0.4, 0.5) is 0 Å². The summed E-state index contributed by atoms with van der Waals surface area (Å²) in [5, 5.41) is 6.71. The van der Waals surface area contributed by atoms with E-state index in [2.05, 4.69) is 47.7 Å². The molecule has 144 valence electrons. The zero-order valence-corrected chi connectivity index (χ0v) is 18.4. The van der Waals surface area contributed by atoms with Crippen molar-refractivity contribution in [2.24, 2.45) is 4.99 Å². The third-order valence-electron chi connectivity index (χ3n) is 3.76. The third kappa shape index (κ3) is 10.5. The minimum atomic E-state index is 0. The van der Waals surface area contributed by atoms with Crippen molar-refractivity contribution >= 4 is 29.9 Å². The predicted molar refractivity (Wildman–Crippen MR) is 116 cm³/mol. The zero-order valence-electron chi connectivity index (χ0n) is 16.1. The second kappa shape index (κ2) is 15.3. The average Bonchev–Trinajstić information content (AvgIpc) is 2.59. The number of nitrogens with zero attached hydrogens (tertiary/aromatic N) is 1. The molecule has 0 aliphatic carbocycles. The number of aliphatic imine (C=N–C) groups is 1. The van der Waals surface area contributed by atoms with Crippen molar-refractivity contribution in [3.8, 4) is 5.75 Å². The van der Waals surface area contributed by atoms with Crippen molar-refractivity contribution in [2.45, 2.75) is 46.1 Å². The number of rotatable bonds is 11. The lowest BCUT2D eigenvalue weighted by Gasteiger charge is -2.15. The summed E-state index contributed by atoms with van der Waals surface area (Å²) >= 11 is 0. The zero-order chi connectivity index (χ0) is 17.6. The second-order valence-electron chi connectivity index (χ2n) is 5.87. The van der Waals surface area contributed by atoms with Gasteiger partial charge in [-0.3, -0.25) is 4.99 Å². The molecule has 0 unspecified atom stereocenters.